The van der Waals surface area contributed by atoms with Crippen molar-refractivity contribution in [3.8, 4) is 5.75 Å². The molecule has 2 aromatic rings. The van der Waals surface area contributed by atoms with Crippen molar-refractivity contribution in [2.24, 2.45) is 0 Å². The molecule has 0 aliphatic heterocycles. The fraction of sp³-hybridized carbons (Fsp3) is 0.176. The van der Waals surface area contributed by atoms with E-state index in [0.29, 0.717) is 16.9 Å². The van der Waals surface area contributed by atoms with Crippen LogP contribution in [0.15, 0.2) is 48.5 Å². The summed E-state index contributed by atoms with van der Waals surface area (Å²) in [5.74, 6) is 0.654. The van der Waals surface area contributed by atoms with Gasteiger partial charge in [-0.3, -0.25) is 4.79 Å². The van der Waals surface area contributed by atoms with E-state index in [4.69, 9.17) is 4.74 Å². The molecule has 2 nitrogen and oxygen atoms in total. The Hall–Kier alpha value is -1.78. The minimum absolute atomic E-state index is 0.0195. The number of carbonyl (C=O) groups is 1. The zero-order valence-corrected chi connectivity index (χ0v) is 14.2. The van der Waals surface area contributed by atoms with Crippen molar-refractivity contribution in [1.82, 2.24) is 0 Å². The topological polar surface area (TPSA) is 26.3 Å². The van der Waals surface area contributed by atoms with E-state index in [1.165, 1.54) is 10.7 Å². The van der Waals surface area contributed by atoms with E-state index < -0.39 is 8.07 Å². The highest BCUT2D eigenvalue weighted by Crippen LogP contribution is 2.15. The number of rotatable bonds is 5. The first-order valence-corrected chi connectivity index (χ1v) is 10.7. The molecule has 2 aromatic carbocycles. The Morgan fingerprint density at radius 3 is 1.86 bits per heavy atom. The zero-order chi connectivity index (χ0) is 15.5. The van der Waals surface area contributed by atoms with E-state index in [2.05, 4.69) is 44.0 Å². The second kappa shape index (κ2) is 6.33. The summed E-state index contributed by atoms with van der Waals surface area (Å²) >= 11 is 4.63. The SMILES string of the molecule is C[Si](C)(C)c1ccc(C(=O)c2ccc(OC=S)cc2)cc1. The first kappa shape index (κ1) is 15.6. The van der Waals surface area contributed by atoms with Crippen LogP contribution in [0.2, 0.25) is 19.6 Å². The average Bonchev–Trinajstić information content (AvgIpc) is 2.47. The van der Waals surface area contributed by atoms with E-state index in [-0.39, 0.29) is 5.78 Å². The van der Waals surface area contributed by atoms with Crippen molar-refractivity contribution in [3.63, 3.8) is 0 Å². The van der Waals surface area contributed by atoms with Gasteiger partial charge in [-0.25, -0.2) is 0 Å². The van der Waals surface area contributed by atoms with Crippen molar-refractivity contribution >= 4 is 36.8 Å². The summed E-state index contributed by atoms with van der Waals surface area (Å²) in [6, 6.07) is 15.0. The van der Waals surface area contributed by atoms with Crippen LogP contribution in [0.3, 0.4) is 0 Å². The van der Waals surface area contributed by atoms with Gasteiger partial charge < -0.3 is 4.74 Å². The van der Waals surface area contributed by atoms with Crippen LogP contribution < -0.4 is 9.92 Å². The summed E-state index contributed by atoms with van der Waals surface area (Å²) in [7, 11) is -1.33. The quantitative estimate of drug-likeness (QED) is 0.477. The van der Waals surface area contributed by atoms with Crippen molar-refractivity contribution in [2.45, 2.75) is 19.6 Å². The molecule has 0 fully saturated rings. The van der Waals surface area contributed by atoms with Crippen LogP contribution >= 0.6 is 12.2 Å². The van der Waals surface area contributed by atoms with Gasteiger partial charge in [-0.15, -0.1) is 0 Å². The van der Waals surface area contributed by atoms with Crippen LogP contribution in [0, 0.1) is 0 Å². The molecular formula is C17H18O2SSi. The van der Waals surface area contributed by atoms with Crippen LogP contribution in [0.1, 0.15) is 15.9 Å². The van der Waals surface area contributed by atoms with Gasteiger partial charge in [0.05, 0.1) is 8.07 Å². The molecule has 0 saturated heterocycles. The van der Waals surface area contributed by atoms with E-state index in [9.17, 15) is 4.79 Å². The summed E-state index contributed by atoms with van der Waals surface area (Å²) in [6.07, 6.45) is 0. The molecule has 2 rings (SSSR count). The van der Waals surface area contributed by atoms with Gasteiger partial charge in [-0.2, -0.15) is 0 Å². The first-order chi connectivity index (χ1) is 9.91. The fourth-order valence-electron chi connectivity index (χ4n) is 2.03. The minimum Gasteiger partial charge on any atom is -0.454 e. The number of thiocarbonyl (C=S) groups is 1. The summed E-state index contributed by atoms with van der Waals surface area (Å²) in [5, 5.41) is 1.35. The van der Waals surface area contributed by atoms with E-state index in [0.717, 1.165) is 0 Å². The van der Waals surface area contributed by atoms with Crippen molar-refractivity contribution < 1.29 is 9.53 Å². The first-order valence-electron chi connectivity index (χ1n) is 6.77. The lowest BCUT2D eigenvalue weighted by molar-refractivity contribution is 0.103. The Morgan fingerprint density at radius 2 is 1.43 bits per heavy atom. The van der Waals surface area contributed by atoms with Crippen LogP contribution in [-0.2, 0) is 0 Å². The molecule has 0 bridgehead atoms. The lowest BCUT2D eigenvalue weighted by Gasteiger charge is -2.16. The minimum atomic E-state index is -1.33. The van der Waals surface area contributed by atoms with Gasteiger partial charge in [0.25, 0.3) is 0 Å². The third kappa shape index (κ3) is 3.86. The highest BCUT2D eigenvalue weighted by atomic mass is 32.1. The van der Waals surface area contributed by atoms with Crippen molar-refractivity contribution in [1.29, 1.82) is 0 Å². The predicted molar refractivity (Wildman–Crippen MR) is 93.6 cm³/mol. The highest BCUT2D eigenvalue weighted by Gasteiger charge is 2.17. The maximum absolute atomic E-state index is 12.4. The van der Waals surface area contributed by atoms with E-state index in [1.807, 2.05) is 12.1 Å². The summed E-state index contributed by atoms with van der Waals surface area (Å²) < 4.78 is 5.08. The van der Waals surface area contributed by atoms with Gasteiger partial charge in [-0.1, -0.05) is 49.1 Å². The molecule has 108 valence electrons. The van der Waals surface area contributed by atoms with Gasteiger partial charge in [0, 0.05) is 11.1 Å². The van der Waals surface area contributed by atoms with Gasteiger partial charge in [0.15, 0.2) is 11.3 Å². The molecule has 0 atom stereocenters. The normalized spacial score (nSPS) is 11.0. The molecule has 4 heteroatoms. The van der Waals surface area contributed by atoms with Gasteiger partial charge in [0.1, 0.15) is 5.75 Å². The lowest BCUT2D eigenvalue weighted by atomic mass is 10.0. The third-order valence-electron chi connectivity index (χ3n) is 3.31. The molecule has 0 N–H and O–H groups in total. The number of ether oxygens (including phenoxy) is 1. The molecule has 0 radical (unpaired) electrons. The van der Waals surface area contributed by atoms with Crippen LogP contribution in [0.25, 0.3) is 0 Å². The monoisotopic (exact) mass is 314 g/mol. The average molecular weight is 314 g/mol. The number of benzene rings is 2. The molecule has 0 aliphatic carbocycles. The molecule has 0 aliphatic rings. The molecular weight excluding hydrogens is 296 g/mol. The van der Waals surface area contributed by atoms with Crippen LogP contribution in [0.5, 0.6) is 5.75 Å². The molecule has 21 heavy (non-hydrogen) atoms. The summed E-state index contributed by atoms with van der Waals surface area (Å²) in [5.41, 5.74) is 2.55. The molecule has 0 saturated carbocycles. The van der Waals surface area contributed by atoms with E-state index in [1.54, 1.807) is 24.3 Å². The Kier molecular flexibility index (Phi) is 4.70. The van der Waals surface area contributed by atoms with Gasteiger partial charge in [0.2, 0.25) is 0 Å². The molecule has 0 heterocycles. The molecule has 0 spiro atoms. The number of hydrogen-bond donors (Lipinski definition) is 0. The van der Waals surface area contributed by atoms with Crippen LogP contribution in [-0.4, -0.2) is 19.4 Å². The number of carbonyl (C=O) groups excluding carboxylic acids is 1. The predicted octanol–water partition coefficient (Wildman–Crippen LogP) is 3.80. The smallest absolute Gasteiger partial charge is 0.193 e. The second-order valence-electron chi connectivity index (χ2n) is 5.89. The standard InChI is InChI=1S/C17H18O2SSi/c1-21(2,3)16-10-6-14(7-11-16)17(18)13-4-8-15(9-5-13)19-12-20/h4-12H,1-3H3. The molecule has 0 amide bonds. The maximum Gasteiger partial charge on any atom is 0.193 e. The number of hydrogen-bond acceptors (Lipinski definition) is 3. The third-order valence-corrected chi connectivity index (χ3v) is 5.48. The van der Waals surface area contributed by atoms with Crippen molar-refractivity contribution in [3.05, 3.63) is 59.7 Å². The Labute approximate surface area is 131 Å². The Morgan fingerprint density at radius 1 is 0.952 bits per heavy atom. The number of ketones is 1. The lowest BCUT2D eigenvalue weighted by Crippen LogP contribution is -2.37. The Bertz CT molecular complexity index is 640. The Balaban J connectivity index is 2.21. The summed E-state index contributed by atoms with van der Waals surface area (Å²) in [6.45, 7) is 6.87. The zero-order valence-electron chi connectivity index (χ0n) is 12.4. The van der Waals surface area contributed by atoms with E-state index >= 15 is 0 Å². The molecule has 0 aromatic heterocycles. The van der Waals surface area contributed by atoms with Gasteiger partial charge in [-0.05, 0) is 36.5 Å². The fourth-order valence-corrected chi connectivity index (χ4v) is 3.31. The van der Waals surface area contributed by atoms with Gasteiger partial charge >= 0.3 is 0 Å². The van der Waals surface area contributed by atoms with Crippen molar-refractivity contribution in [2.75, 3.05) is 0 Å². The molecule has 0 unspecified atom stereocenters. The summed E-state index contributed by atoms with van der Waals surface area (Å²) in [4.78, 5) is 12.4. The van der Waals surface area contributed by atoms with Crippen LogP contribution in [0.4, 0.5) is 0 Å². The second-order valence-corrected chi connectivity index (χ2v) is 11.2. The largest absolute Gasteiger partial charge is 0.454 e. The highest BCUT2D eigenvalue weighted by molar-refractivity contribution is 7.78. The maximum atomic E-state index is 12.4.